The van der Waals surface area contributed by atoms with E-state index in [0.29, 0.717) is 12.8 Å². The molecule has 0 heterocycles. The largest absolute Gasteiger partial charge is 1.00 e. The van der Waals surface area contributed by atoms with Crippen LogP contribution in [0.2, 0.25) is 0 Å². The van der Waals surface area contributed by atoms with Gasteiger partial charge in [-0.3, -0.25) is 0 Å². The molecule has 0 bridgehead atoms. The van der Waals surface area contributed by atoms with Crippen molar-refractivity contribution in [3.05, 3.63) is 0 Å². The molecule has 134 valence electrons. The summed E-state index contributed by atoms with van der Waals surface area (Å²) in [4.78, 5) is -2.05. The molecule has 0 rings (SSSR count). The van der Waals surface area contributed by atoms with Crippen LogP contribution in [-0.4, -0.2) is 23.0 Å². The van der Waals surface area contributed by atoms with E-state index in [1.54, 1.807) is 0 Å². The van der Waals surface area contributed by atoms with E-state index in [1.807, 2.05) is 0 Å². The Kier molecular flexibility index (Phi) is 18.3. The molecular weight excluding hydrogens is 339 g/mol. The Labute approximate surface area is 186 Å². The average Bonchev–Trinajstić information content (AvgIpc) is 2.45. The maximum absolute atomic E-state index is 11.3. The molecule has 0 aliphatic rings. The van der Waals surface area contributed by atoms with Crippen LogP contribution in [0.25, 0.3) is 0 Å². The van der Waals surface area contributed by atoms with Gasteiger partial charge in [-0.25, -0.2) is 8.42 Å². The summed E-state index contributed by atoms with van der Waals surface area (Å²) in [7, 11) is -4.65. The van der Waals surface area contributed by atoms with Crippen molar-refractivity contribution in [3.8, 4) is 0 Å². The van der Waals surface area contributed by atoms with Gasteiger partial charge in [0.1, 0.15) is 10.1 Å². The van der Waals surface area contributed by atoms with Crippen LogP contribution in [0.5, 0.6) is 0 Å². The Morgan fingerprint density at radius 1 is 0.739 bits per heavy atom. The minimum Gasteiger partial charge on any atom is -0.746 e. The monoisotopic (exact) mass is 374 g/mol. The van der Waals surface area contributed by atoms with Crippen molar-refractivity contribution in [2.75, 3.05) is 0 Å². The van der Waals surface area contributed by atoms with Gasteiger partial charge in [0.05, 0.1) is 0 Å². The molecule has 0 saturated carbocycles. The second-order valence-corrected chi connectivity index (χ2v) is 8.10. The molecule has 1 unspecified atom stereocenters. The molecule has 0 fully saturated rings. The van der Waals surface area contributed by atoms with Crippen LogP contribution in [0.3, 0.4) is 0 Å². The van der Waals surface area contributed by atoms with Crippen LogP contribution in [0, 0.1) is 0 Å². The maximum Gasteiger partial charge on any atom is 1.00 e. The second-order valence-electron chi connectivity index (χ2n) is 6.44. The summed E-state index contributed by atoms with van der Waals surface area (Å²) in [6, 6.07) is 0. The summed E-state index contributed by atoms with van der Waals surface area (Å²) in [6.07, 6.45) is 12.4. The van der Waals surface area contributed by atoms with Crippen molar-refractivity contribution >= 4 is 10.1 Å². The molecule has 23 heavy (non-hydrogen) atoms. The Balaban J connectivity index is 0. The van der Waals surface area contributed by atoms with Crippen molar-refractivity contribution < 1.29 is 69.5 Å². The molecule has 0 aliphatic carbocycles. The number of hydrogen-bond acceptors (Lipinski definition) is 4. The van der Waals surface area contributed by atoms with E-state index in [9.17, 15) is 18.1 Å². The van der Waals surface area contributed by atoms with Crippen molar-refractivity contribution in [2.24, 2.45) is 0 Å². The standard InChI is InChI=1S/C17H36O4S.K/c1-3-5-7-9-10-11-12-14-16-17(18,22(19,20)21)15-13-8-6-4-2;/h18H,3-16H2,1-2H3,(H,19,20,21);/q;+1/p-1. The summed E-state index contributed by atoms with van der Waals surface area (Å²) in [5.74, 6) is 0. The summed E-state index contributed by atoms with van der Waals surface area (Å²) < 4.78 is 34.0. The van der Waals surface area contributed by atoms with E-state index >= 15 is 0 Å². The Morgan fingerprint density at radius 3 is 1.39 bits per heavy atom. The molecule has 0 saturated heterocycles. The Hall–Kier alpha value is 1.51. The van der Waals surface area contributed by atoms with Gasteiger partial charge < -0.3 is 9.66 Å². The van der Waals surface area contributed by atoms with Crippen molar-refractivity contribution in [2.45, 2.75) is 109 Å². The fraction of sp³-hybridized carbons (Fsp3) is 1.00. The predicted molar refractivity (Wildman–Crippen MR) is 90.6 cm³/mol. The van der Waals surface area contributed by atoms with Gasteiger partial charge in [0.15, 0.2) is 4.93 Å². The van der Waals surface area contributed by atoms with Crippen LogP contribution in [0.1, 0.15) is 104 Å². The van der Waals surface area contributed by atoms with Crippen LogP contribution < -0.4 is 51.4 Å². The van der Waals surface area contributed by atoms with Gasteiger partial charge in [-0.05, 0) is 25.7 Å². The molecule has 0 aromatic carbocycles. The molecule has 4 nitrogen and oxygen atoms in total. The SMILES string of the molecule is CCCCCCCCCCC(O)(CCCCCC)S(=O)(=O)[O-].[K+]. The van der Waals surface area contributed by atoms with E-state index < -0.39 is 15.1 Å². The third kappa shape index (κ3) is 13.4. The summed E-state index contributed by atoms with van der Waals surface area (Å²) in [5.41, 5.74) is 0. The maximum atomic E-state index is 11.3. The third-order valence-electron chi connectivity index (χ3n) is 4.31. The average molecular weight is 375 g/mol. The first-order valence-electron chi connectivity index (χ1n) is 9.05. The summed E-state index contributed by atoms with van der Waals surface area (Å²) in [6.45, 7) is 4.25. The normalized spacial score (nSPS) is 14.3. The number of hydrogen-bond donors (Lipinski definition) is 1. The Morgan fingerprint density at radius 2 is 1.04 bits per heavy atom. The van der Waals surface area contributed by atoms with Gasteiger partial charge in [-0.15, -0.1) is 0 Å². The van der Waals surface area contributed by atoms with Crippen LogP contribution in [0.4, 0.5) is 0 Å². The molecule has 0 aliphatic heterocycles. The van der Waals surface area contributed by atoms with Gasteiger partial charge in [0.25, 0.3) is 0 Å². The molecule has 6 heteroatoms. The van der Waals surface area contributed by atoms with Crippen LogP contribution >= 0.6 is 0 Å². The smallest absolute Gasteiger partial charge is 0.746 e. The molecule has 0 amide bonds. The van der Waals surface area contributed by atoms with Gasteiger partial charge in [0, 0.05) is 0 Å². The molecule has 1 atom stereocenters. The third-order valence-corrected chi connectivity index (χ3v) is 5.65. The molecule has 0 radical (unpaired) electrons. The van der Waals surface area contributed by atoms with Crippen LogP contribution in [0.15, 0.2) is 0 Å². The summed E-state index contributed by atoms with van der Waals surface area (Å²) >= 11 is 0. The Bertz CT molecular complexity index is 360. The van der Waals surface area contributed by atoms with E-state index in [0.717, 1.165) is 38.5 Å². The number of aliphatic hydroxyl groups is 1. The van der Waals surface area contributed by atoms with Crippen molar-refractivity contribution in [3.63, 3.8) is 0 Å². The quantitative estimate of drug-likeness (QED) is 0.269. The number of unbranched alkanes of at least 4 members (excludes halogenated alkanes) is 10. The fourth-order valence-electron chi connectivity index (χ4n) is 2.74. The minimum atomic E-state index is -4.65. The van der Waals surface area contributed by atoms with Crippen molar-refractivity contribution in [1.29, 1.82) is 0 Å². The first kappa shape index (κ1) is 26.7. The molecule has 0 aromatic rings. The zero-order valence-corrected chi connectivity index (χ0v) is 19.4. The van der Waals surface area contributed by atoms with Gasteiger partial charge in [0.2, 0.25) is 0 Å². The zero-order valence-electron chi connectivity index (χ0n) is 15.5. The number of rotatable bonds is 15. The first-order chi connectivity index (χ1) is 10.4. The van der Waals surface area contributed by atoms with E-state index in [-0.39, 0.29) is 64.2 Å². The van der Waals surface area contributed by atoms with Gasteiger partial charge >= 0.3 is 51.4 Å². The topological polar surface area (TPSA) is 77.4 Å². The zero-order chi connectivity index (χ0) is 16.9. The summed E-state index contributed by atoms with van der Waals surface area (Å²) in [5, 5.41) is 10.2. The fourth-order valence-corrected chi connectivity index (χ4v) is 3.53. The first-order valence-corrected chi connectivity index (χ1v) is 10.5. The van der Waals surface area contributed by atoms with E-state index in [4.69, 9.17) is 0 Å². The second kappa shape index (κ2) is 15.7. The van der Waals surface area contributed by atoms with Crippen LogP contribution in [-0.2, 0) is 10.1 Å². The van der Waals surface area contributed by atoms with Gasteiger partial charge in [-0.1, -0.05) is 78.1 Å². The molecule has 1 N–H and O–H groups in total. The minimum absolute atomic E-state index is 0. The van der Waals surface area contributed by atoms with Crippen molar-refractivity contribution in [1.82, 2.24) is 0 Å². The predicted octanol–water partition coefficient (Wildman–Crippen LogP) is 1.73. The molecular formula is C17H35KO4S. The van der Waals surface area contributed by atoms with Gasteiger partial charge in [-0.2, -0.15) is 0 Å². The molecule has 0 aromatic heterocycles. The van der Waals surface area contributed by atoms with E-state index in [1.165, 1.54) is 25.7 Å². The molecule has 0 spiro atoms. The van der Waals surface area contributed by atoms with E-state index in [2.05, 4.69) is 13.8 Å².